The van der Waals surface area contributed by atoms with Crippen LogP contribution in [0, 0.1) is 17.0 Å². The second-order valence-corrected chi connectivity index (χ2v) is 8.54. The van der Waals surface area contributed by atoms with Crippen molar-refractivity contribution in [1.29, 1.82) is 0 Å². The van der Waals surface area contributed by atoms with Crippen LogP contribution in [0.1, 0.15) is 23.1 Å². The highest BCUT2D eigenvalue weighted by Gasteiger charge is 2.28. The van der Waals surface area contributed by atoms with Gasteiger partial charge in [-0.05, 0) is 37.0 Å². The van der Waals surface area contributed by atoms with Crippen molar-refractivity contribution in [1.82, 2.24) is 9.80 Å². The van der Waals surface area contributed by atoms with Crippen molar-refractivity contribution >= 4 is 23.2 Å². The van der Waals surface area contributed by atoms with E-state index in [9.17, 15) is 19.7 Å². The number of non-ortho nitro benzene ring substituents is 1. The quantitative estimate of drug-likeness (QED) is 0.531. The van der Waals surface area contributed by atoms with Crippen LogP contribution in [0.25, 0.3) is 0 Å². The molecule has 0 bridgehead atoms. The van der Waals surface area contributed by atoms with Gasteiger partial charge < -0.3 is 9.80 Å². The van der Waals surface area contributed by atoms with Gasteiger partial charge >= 0.3 is 0 Å². The molecule has 2 aromatic rings. The number of piperazine rings is 1. The second kappa shape index (κ2) is 9.48. The lowest BCUT2D eigenvalue weighted by Crippen LogP contribution is -2.52. The molecule has 0 radical (unpaired) electrons. The third-order valence-corrected chi connectivity index (χ3v) is 6.25. The van der Waals surface area contributed by atoms with E-state index in [0.717, 1.165) is 29.7 Å². The third kappa shape index (κ3) is 4.96. The molecule has 0 unspecified atom stereocenters. The molecule has 2 aliphatic heterocycles. The fourth-order valence-electron chi connectivity index (χ4n) is 4.38. The van der Waals surface area contributed by atoms with Gasteiger partial charge in [0.05, 0.1) is 17.9 Å². The Bertz CT molecular complexity index is 1010. The summed E-state index contributed by atoms with van der Waals surface area (Å²) in [5.41, 5.74) is 3.88. The summed E-state index contributed by atoms with van der Waals surface area (Å²) in [6.07, 6.45) is 1.93. The minimum Gasteiger partial charge on any atom is -0.340 e. The van der Waals surface area contributed by atoms with E-state index in [-0.39, 0.29) is 24.0 Å². The number of hydrogen-bond donors (Lipinski definition) is 0. The molecular formula is C24H28N4O4. The van der Waals surface area contributed by atoms with Crippen molar-refractivity contribution in [3.63, 3.8) is 0 Å². The van der Waals surface area contributed by atoms with Crippen molar-refractivity contribution in [2.24, 2.45) is 0 Å². The molecule has 0 atom stereocenters. The van der Waals surface area contributed by atoms with Gasteiger partial charge in [-0.3, -0.25) is 24.6 Å². The van der Waals surface area contributed by atoms with Gasteiger partial charge in [-0.2, -0.15) is 0 Å². The summed E-state index contributed by atoms with van der Waals surface area (Å²) < 4.78 is 0. The molecule has 8 nitrogen and oxygen atoms in total. The number of carbonyl (C=O) groups excluding carboxylic acids is 2. The molecule has 4 rings (SSSR count). The van der Waals surface area contributed by atoms with E-state index in [1.54, 1.807) is 17.0 Å². The summed E-state index contributed by atoms with van der Waals surface area (Å²) in [5.74, 6) is 0.116. The topological polar surface area (TPSA) is 87.0 Å². The van der Waals surface area contributed by atoms with Crippen LogP contribution in [-0.4, -0.2) is 65.8 Å². The van der Waals surface area contributed by atoms with E-state index in [4.69, 9.17) is 0 Å². The molecule has 2 amide bonds. The molecule has 1 fully saturated rings. The van der Waals surface area contributed by atoms with Crippen molar-refractivity contribution in [3.8, 4) is 0 Å². The highest BCUT2D eigenvalue weighted by Crippen LogP contribution is 2.30. The highest BCUT2D eigenvalue weighted by molar-refractivity contribution is 5.96. The number of nitro groups is 1. The highest BCUT2D eigenvalue weighted by atomic mass is 16.6. The lowest BCUT2D eigenvalue weighted by molar-refractivity contribution is -0.384. The number of rotatable bonds is 5. The van der Waals surface area contributed by atoms with E-state index >= 15 is 0 Å². The summed E-state index contributed by atoms with van der Waals surface area (Å²) >= 11 is 0. The number of nitro benzene ring substituents is 1. The Morgan fingerprint density at radius 1 is 0.969 bits per heavy atom. The lowest BCUT2D eigenvalue weighted by atomic mass is 10.0. The van der Waals surface area contributed by atoms with E-state index in [1.807, 2.05) is 36.1 Å². The van der Waals surface area contributed by atoms with E-state index in [1.165, 1.54) is 11.6 Å². The molecule has 168 valence electrons. The van der Waals surface area contributed by atoms with Gasteiger partial charge in [-0.25, -0.2) is 0 Å². The van der Waals surface area contributed by atoms with Crippen LogP contribution in [0.2, 0.25) is 0 Å². The molecule has 0 saturated carbocycles. The number of amides is 2. The molecule has 8 heteroatoms. The number of nitrogens with zero attached hydrogens (tertiary/aromatic N) is 4. The molecule has 0 N–H and O–H groups in total. The van der Waals surface area contributed by atoms with Crippen molar-refractivity contribution < 1.29 is 14.5 Å². The van der Waals surface area contributed by atoms with Crippen LogP contribution in [-0.2, 0) is 22.4 Å². The Morgan fingerprint density at radius 2 is 1.69 bits per heavy atom. The van der Waals surface area contributed by atoms with Crippen LogP contribution in [0.5, 0.6) is 0 Å². The summed E-state index contributed by atoms with van der Waals surface area (Å²) in [5, 5.41) is 11.0. The molecule has 32 heavy (non-hydrogen) atoms. The van der Waals surface area contributed by atoms with E-state index in [2.05, 4.69) is 4.90 Å². The third-order valence-electron chi connectivity index (χ3n) is 6.25. The zero-order valence-corrected chi connectivity index (χ0v) is 18.3. The monoisotopic (exact) mass is 436 g/mol. The number of benzene rings is 2. The number of aryl methyl sites for hydroxylation is 2. The first-order chi connectivity index (χ1) is 15.4. The Morgan fingerprint density at radius 3 is 2.38 bits per heavy atom. The van der Waals surface area contributed by atoms with Crippen LogP contribution >= 0.6 is 0 Å². The number of carbonyl (C=O) groups is 2. The number of anilines is 1. The van der Waals surface area contributed by atoms with Crippen LogP contribution < -0.4 is 4.90 Å². The first-order valence-electron chi connectivity index (χ1n) is 11.0. The predicted molar refractivity (Wildman–Crippen MR) is 122 cm³/mol. The first kappa shape index (κ1) is 22.0. The van der Waals surface area contributed by atoms with Crippen molar-refractivity contribution in [3.05, 3.63) is 69.3 Å². The van der Waals surface area contributed by atoms with Gasteiger partial charge in [0.2, 0.25) is 11.8 Å². The number of fused-ring (bicyclic) bond motifs is 1. The number of hydrogen-bond acceptors (Lipinski definition) is 5. The standard InChI is InChI=1S/C24H28N4O4/c1-18-4-6-19(7-5-18)15-23(29)26-13-11-25(12-14-26)17-24(30)27-10-2-3-20-16-21(28(31)32)8-9-22(20)27/h4-9,16H,2-3,10-15,17H2,1H3. The summed E-state index contributed by atoms with van der Waals surface area (Å²) in [6, 6.07) is 12.7. The zero-order valence-electron chi connectivity index (χ0n) is 18.3. The largest absolute Gasteiger partial charge is 0.340 e. The maximum Gasteiger partial charge on any atom is 0.269 e. The van der Waals surface area contributed by atoms with E-state index in [0.29, 0.717) is 39.1 Å². The average Bonchev–Trinajstić information content (AvgIpc) is 2.80. The van der Waals surface area contributed by atoms with Crippen LogP contribution in [0.4, 0.5) is 11.4 Å². The molecule has 2 heterocycles. The predicted octanol–water partition coefficient (Wildman–Crippen LogP) is 2.57. The fraction of sp³-hybridized carbons (Fsp3) is 0.417. The zero-order chi connectivity index (χ0) is 22.7. The van der Waals surface area contributed by atoms with Gasteiger partial charge in [0.1, 0.15) is 0 Å². The molecule has 0 aromatic heterocycles. The van der Waals surface area contributed by atoms with Gasteiger partial charge in [-0.1, -0.05) is 29.8 Å². The molecule has 0 aliphatic carbocycles. The van der Waals surface area contributed by atoms with Gasteiger partial charge in [0.25, 0.3) is 5.69 Å². The molecule has 2 aromatic carbocycles. The minimum absolute atomic E-state index is 0.000708. The van der Waals surface area contributed by atoms with Crippen LogP contribution in [0.3, 0.4) is 0 Å². The van der Waals surface area contributed by atoms with Crippen LogP contribution in [0.15, 0.2) is 42.5 Å². The van der Waals surface area contributed by atoms with Gasteiger partial charge in [0, 0.05) is 50.5 Å². The fourth-order valence-corrected chi connectivity index (χ4v) is 4.38. The molecule has 2 aliphatic rings. The Labute approximate surface area is 187 Å². The Kier molecular flexibility index (Phi) is 6.50. The van der Waals surface area contributed by atoms with Crippen molar-refractivity contribution in [2.75, 3.05) is 44.2 Å². The molecule has 0 spiro atoms. The Balaban J connectivity index is 1.31. The van der Waals surface area contributed by atoms with E-state index < -0.39 is 4.92 Å². The maximum absolute atomic E-state index is 13.0. The summed E-state index contributed by atoms with van der Waals surface area (Å²) in [7, 11) is 0. The van der Waals surface area contributed by atoms with Gasteiger partial charge in [0.15, 0.2) is 0 Å². The SMILES string of the molecule is Cc1ccc(CC(=O)N2CCN(CC(=O)N3CCCc4cc([N+](=O)[O-])ccc43)CC2)cc1. The second-order valence-electron chi connectivity index (χ2n) is 8.54. The first-order valence-corrected chi connectivity index (χ1v) is 11.0. The summed E-state index contributed by atoms with van der Waals surface area (Å²) in [6.45, 7) is 5.48. The minimum atomic E-state index is -0.402. The molecule has 1 saturated heterocycles. The lowest BCUT2D eigenvalue weighted by Gasteiger charge is -2.36. The smallest absolute Gasteiger partial charge is 0.269 e. The molecular weight excluding hydrogens is 408 g/mol. The van der Waals surface area contributed by atoms with Crippen molar-refractivity contribution in [2.45, 2.75) is 26.2 Å². The van der Waals surface area contributed by atoms with Gasteiger partial charge in [-0.15, -0.1) is 0 Å². The maximum atomic E-state index is 13.0. The Hall–Kier alpha value is -3.26. The summed E-state index contributed by atoms with van der Waals surface area (Å²) in [4.78, 5) is 42.0. The average molecular weight is 437 g/mol. The normalized spacial score (nSPS) is 16.5.